The molecule has 2 aromatic heterocycles. The van der Waals surface area contributed by atoms with E-state index in [1.807, 2.05) is 29.7 Å². The van der Waals surface area contributed by atoms with Gasteiger partial charge >= 0.3 is 5.63 Å². The van der Waals surface area contributed by atoms with Gasteiger partial charge in [-0.1, -0.05) is 49.9 Å². The van der Waals surface area contributed by atoms with Gasteiger partial charge in [-0.25, -0.2) is 9.18 Å². The second kappa shape index (κ2) is 8.44. The standard InChI is InChI=1S/C23H22FN3O2S/c1-14(2)12-27-22(18-6-4-5-7-19(18)24)25-26-23(27)30-13-16-11-21(28)29-20-10-15(3)8-9-17(16)20/h4-11,14H,12-13H2,1-3H3. The molecule has 0 aliphatic carbocycles. The molecule has 0 amide bonds. The van der Waals surface area contributed by atoms with Crippen LogP contribution in [0.4, 0.5) is 4.39 Å². The molecule has 154 valence electrons. The molecule has 0 bridgehead atoms. The molecule has 0 aliphatic rings. The Morgan fingerprint density at radius 3 is 2.70 bits per heavy atom. The molecule has 0 atom stereocenters. The zero-order valence-electron chi connectivity index (χ0n) is 17.1. The number of rotatable bonds is 6. The van der Waals surface area contributed by atoms with E-state index in [1.54, 1.807) is 18.2 Å². The third-order valence-electron chi connectivity index (χ3n) is 4.72. The van der Waals surface area contributed by atoms with Crippen molar-refractivity contribution in [1.29, 1.82) is 0 Å². The lowest BCUT2D eigenvalue weighted by molar-refractivity contribution is 0.496. The number of halogens is 1. The number of hydrogen-bond acceptors (Lipinski definition) is 5. The Labute approximate surface area is 177 Å². The number of aromatic nitrogens is 3. The topological polar surface area (TPSA) is 60.9 Å². The van der Waals surface area contributed by atoms with Crippen molar-refractivity contribution in [2.75, 3.05) is 0 Å². The summed E-state index contributed by atoms with van der Waals surface area (Å²) in [6.45, 7) is 6.81. The predicted octanol–water partition coefficient (Wildman–Crippen LogP) is 5.45. The molecule has 2 aromatic carbocycles. The summed E-state index contributed by atoms with van der Waals surface area (Å²) in [5, 5.41) is 10.2. The van der Waals surface area contributed by atoms with Crippen molar-refractivity contribution >= 4 is 22.7 Å². The van der Waals surface area contributed by atoms with Crippen LogP contribution in [0.3, 0.4) is 0 Å². The van der Waals surface area contributed by atoms with Crippen LogP contribution in [0.2, 0.25) is 0 Å². The van der Waals surface area contributed by atoms with Gasteiger partial charge in [-0.15, -0.1) is 10.2 Å². The van der Waals surface area contributed by atoms with Crippen LogP contribution in [0.15, 0.2) is 62.9 Å². The minimum atomic E-state index is -0.376. The molecule has 0 spiro atoms. The van der Waals surface area contributed by atoms with Crippen LogP contribution in [0.25, 0.3) is 22.4 Å². The number of hydrogen-bond donors (Lipinski definition) is 0. The molecule has 2 heterocycles. The maximum absolute atomic E-state index is 14.4. The first-order chi connectivity index (χ1) is 14.4. The average Bonchev–Trinajstić information content (AvgIpc) is 3.07. The Hall–Kier alpha value is -2.93. The van der Waals surface area contributed by atoms with E-state index in [1.165, 1.54) is 23.9 Å². The van der Waals surface area contributed by atoms with Crippen molar-refractivity contribution in [3.05, 3.63) is 75.9 Å². The van der Waals surface area contributed by atoms with Gasteiger partial charge in [-0.3, -0.25) is 0 Å². The largest absolute Gasteiger partial charge is 0.423 e. The highest BCUT2D eigenvalue weighted by Gasteiger charge is 2.18. The van der Waals surface area contributed by atoms with E-state index in [0.29, 0.717) is 40.3 Å². The first-order valence-corrected chi connectivity index (χ1v) is 10.7. The Morgan fingerprint density at radius 2 is 1.93 bits per heavy atom. The van der Waals surface area contributed by atoms with Gasteiger partial charge in [0.25, 0.3) is 0 Å². The molecule has 0 saturated heterocycles. The Bertz CT molecular complexity index is 1260. The molecular weight excluding hydrogens is 401 g/mol. The van der Waals surface area contributed by atoms with E-state index < -0.39 is 0 Å². The fourth-order valence-electron chi connectivity index (χ4n) is 3.37. The van der Waals surface area contributed by atoms with E-state index in [4.69, 9.17) is 4.42 Å². The number of benzene rings is 2. The van der Waals surface area contributed by atoms with Gasteiger partial charge in [-0.05, 0) is 42.2 Å². The second-order valence-electron chi connectivity index (χ2n) is 7.67. The zero-order chi connectivity index (χ0) is 21.3. The lowest BCUT2D eigenvalue weighted by Gasteiger charge is -2.13. The lowest BCUT2D eigenvalue weighted by atomic mass is 10.1. The summed E-state index contributed by atoms with van der Waals surface area (Å²) in [6.07, 6.45) is 0. The summed E-state index contributed by atoms with van der Waals surface area (Å²) in [4.78, 5) is 12.0. The van der Waals surface area contributed by atoms with Crippen LogP contribution < -0.4 is 5.63 Å². The van der Waals surface area contributed by atoms with Crippen LogP contribution in [0.5, 0.6) is 0 Å². The predicted molar refractivity (Wildman–Crippen MR) is 117 cm³/mol. The Kier molecular flexibility index (Phi) is 5.72. The molecule has 5 nitrogen and oxygen atoms in total. The smallest absolute Gasteiger partial charge is 0.336 e. The third-order valence-corrected chi connectivity index (χ3v) is 5.74. The summed E-state index contributed by atoms with van der Waals surface area (Å²) >= 11 is 1.48. The number of thioether (sulfide) groups is 1. The summed E-state index contributed by atoms with van der Waals surface area (Å²) in [5.41, 5.74) is 2.53. The number of aryl methyl sites for hydroxylation is 1. The first-order valence-electron chi connectivity index (χ1n) is 9.76. The van der Waals surface area contributed by atoms with Crippen LogP contribution in [0.1, 0.15) is 25.0 Å². The highest BCUT2D eigenvalue weighted by atomic mass is 32.2. The van der Waals surface area contributed by atoms with E-state index in [-0.39, 0.29) is 11.4 Å². The Balaban J connectivity index is 1.70. The fraction of sp³-hybridized carbons (Fsp3) is 0.261. The molecular formula is C23H22FN3O2S. The minimum Gasteiger partial charge on any atom is -0.423 e. The van der Waals surface area contributed by atoms with Crippen molar-refractivity contribution in [3.8, 4) is 11.4 Å². The van der Waals surface area contributed by atoms with Crippen molar-refractivity contribution < 1.29 is 8.81 Å². The van der Waals surface area contributed by atoms with Gasteiger partial charge in [0.1, 0.15) is 11.4 Å². The fourth-order valence-corrected chi connectivity index (χ4v) is 4.30. The third kappa shape index (κ3) is 4.16. The molecule has 7 heteroatoms. The maximum atomic E-state index is 14.4. The van der Waals surface area contributed by atoms with Gasteiger partial charge in [0, 0.05) is 23.8 Å². The van der Waals surface area contributed by atoms with Crippen molar-refractivity contribution in [1.82, 2.24) is 14.8 Å². The van der Waals surface area contributed by atoms with Crippen molar-refractivity contribution in [2.24, 2.45) is 5.92 Å². The van der Waals surface area contributed by atoms with E-state index in [9.17, 15) is 9.18 Å². The molecule has 0 saturated carbocycles. The van der Waals surface area contributed by atoms with Gasteiger partial charge in [0.2, 0.25) is 0 Å². The minimum absolute atomic E-state index is 0.325. The normalized spacial score (nSPS) is 11.5. The van der Waals surface area contributed by atoms with Gasteiger partial charge < -0.3 is 8.98 Å². The van der Waals surface area contributed by atoms with Crippen molar-refractivity contribution in [2.45, 2.75) is 38.2 Å². The van der Waals surface area contributed by atoms with E-state index >= 15 is 0 Å². The number of fused-ring (bicyclic) bond motifs is 1. The molecule has 4 rings (SSSR count). The van der Waals surface area contributed by atoms with Gasteiger partial charge in [0.15, 0.2) is 11.0 Å². The molecule has 0 fully saturated rings. The summed E-state index contributed by atoms with van der Waals surface area (Å²) in [7, 11) is 0. The van der Waals surface area contributed by atoms with E-state index in [2.05, 4.69) is 24.0 Å². The van der Waals surface area contributed by atoms with Crippen LogP contribution in [0, 0.1) is 18.7 Å². The average molecular weight is 424 g/mol. The van der Waals surface area contributed by atoms with Crippen LogP contribution in [-0.2, 0) is 12.3 Å². The number of nitrogens with zero attached hydrogens (tertiary/aromatic N) is 3. The molecule has 0 N–H and O–H groups in total. The quantitative estimate of drug-likeness (QED) is 0.305. The molecule has 30 heavy (non-hydrogen) atoms. The molecule has 0 aliphatic heterocycles. The monoisotopic (exact) mass is 423 g/mol. The summed E-state index contributed by atoms with van der Waals surface area (Å²) in [5.74, 6) is 1.04. The van der Waals surface area contributed by atoms with Gasteiger partial charge in [0.05, 0.1) is 5.56 Å². The van der Waals surface area contributed by atoms with Crippen LogP contribution in [-0.4, -0.2) is 14.8 Å². The van der Waals surface area contributed by atoms with Crippen LogP contribution >= 0.6 is 11.8 Å². The highest BCUT2D eigenvalue weighted by molar-refractivity contribution is 7.98. The van der Waals surface area contributed by atoms with Crippen molar-refractivity contribution in [3.63, 3.8) is 0 Å². The highest BCUT2D eigenvalue weighted by Crippen LogP contribution is 2.30. The zero-order valence-corrected chi connectivity index (χ0v) is 17.9. The van der Waals surface area contributed by atoms with E-state index in [0.717, 1.165) is 16.5 Å². The molecule has 0 unspecified atom stereocenters. The molecule has 0 radical (unpaired) electrons. The van der Waals surface area contributed by atoms with Gasteiger partial charge in [-0.2, -0.15) is 0 Å². The second-order valence-corrected chi connectivity index (χ2v) is 8.61. The molecule has 4 aromatic rings. The lowest BCUT2D eigenvalue weighted by Crippen LogP contribution is -2.08. The SMILES string of the molecule is Cc1ccc2c(CSc3nnc(-c4ccccc4F)n3CC(C)C)cc(=O)oc2c1. The Morgan fingerprint density at radius 1 is 1.13 bits per heavy atom. The summed E-state index contributed by atoms with van der Waals surface area (Å²) in [6, 6.07) is 13.9. The summed E-state index contributed by atoms with van der Waals surface area (Å²) < 4.78 is 21.7. The maximum Gasteiger partial charge on any atom is 0.336 e. The first kappa shape index (κ1) is 20.3.